The third kappa shape index (κ3) is 3.94. The fourth-order valence-corrected chi connectivity index (χ4v) is 3.97. The first-order chi connectivity index (χ1) is 14.7. The molecule has 0 unspecified atom stereocenters. The molecule has 0 spiro atoms. The highest BCUT2D eigenvalue weighted by Crippen LogP contribution is 2.35. The lowest BCUT2D eigenvalue weighted by atomic mass is 9.86. The molecule has 1 N–H and O–H groups in total. The van der Waals surface area contributed by atoms with Crippen LogP contribution in [0.25, 0.3) is 5.70 Å². The molecule has 3 aromatic carbocycles. The maximum atomic E-state index is 13.5. The summed E-state index contributed by atoms with van der Waals surface area (Å²) in [5.41, 5.74) is 4.90. The maximum Gasteiger partial charge on any atom is 0.169 e. The van der Waals surface area contributed by atoms with E-state index in [1.165, 1.54) is 0 Å². The number of ether oxygens (including phenoxy) is 2. The molecular formula is C26H25NO3. The Labute approximate surface area is 177 Å². The van der Waals surface area contributed by atoms with E-state index in [0.29, 0.717) is 11.5 Å². The molecule has 0 saturated carbocycles. The average molecular weight is 399 g/mol. The first-order valence-corrected chi connectivity index (χ1v) is 10.1. The molecule has 1 heterocycles. The van der Waals surface area contributed by atoms with Crippen LogP contribution in [0.2, 0.25) is 0 Å². The number of allylic oxidation sites excluding steroid dienone is 1. The van der Waals surface area contributed by atoms with Gasteiger partial charge in [-0.2, -0.15) is 0 Å². The van der Waals surface area contributed by atoms with Crippen LogP contribution in [-0.4, -0.2) is 26.5 Å². The highest BCUT2D eigenvalue weighted by Gasteiger charge is 2.24. The van der Waals surface area contributed by atoms with Gasteiger partial charge in [0.2, 0.25) is 0 Å². The zero-order valence-electron chi connectivity index (χ0n) is 17.2. The van der Waals surface area contributed by atoms with E-state index >= 15 is 0 Å². The topological polar surface area (TPSA) is 47.6 Å². The lowest BCUT2D eigenvalue weighted by molar-refractivity contribution is -0.115. The summed E-state index contributed by atoms with van der Waals surface area (Å²) in [4.78, 5) is 13.5. The predicted molar refractivity (Wildman–Crippen MR) is 119 cm³/mol. The largest absolute Gasteiger partial charge is 0.493 e. The van der Waals surface area contributed by atoms with E-state index in [1.807, 2.05) is 72.8 Å². The van der Waals surface area contributed by atoms with Crippen LogP contribution >= 0.6 is 0 Å². The van der Waals surface area contributed by atoms with Gasteiger partial charge >= 0.3 is 0 Å². The summed E-state index contributed by atoms with van der Waals surface area (Å²) < 4.78 is 10.9. The first-order valence-electron chi connectivity index (χ1n) is 10.1. The van der Waals surface area contributed by atoms with E-state index in [4.69, 9.17) is 9.47 Å². The Balaban J connectivity index is 1.76. The number of carbonyl (C=O) groups is 1. The Kier molecular flexibility index (Phi) is 5.84. The van der Waals surface area contributed by atoms with Crippen molar-refractivity contribution in [3.63, 3.8) is 0 Å². The Morgan fingerprint density at radius 3 is 2.03 bits per heavy atom. The van der Waals surface area contributed by atoms with Crippen molar-refractivity contribution >= 4 is 11.5 Å². The summed E-state index contributed by atoms with van der Waals surface area (Å²) in [5, 5.41) is 3.40. The van der Waals surface area contributed by atoms with Crippen molar-refractivity contribution < 1.29 is 14.3 Å². The van der Waals surface area contributed by atoms with Gasteiger partial charge in [0.25, 0.3) is 0 Å². The van der Waals surface area contributed by atoms with Gasteiger partial charge in [0, 0.05) is 23.9 Å². The summed E-state index contributed by atoms with van der Waals surface area (Å²) in [5.74, 6) is 1.04. The molecule has 0 aromatic heterocycles. The average Bonchev–Trinajstić information content (AvgIpc) is 2.80. The van der Waals surface area contributed by atoms with Crippen molar-refractivity contribution in [2.75, 3.05) is 20.8 Å². The summed E-state index contributed by atoms with van der Waals surface area (Å²) in [6.45, 7) is 0.767. The second kappa shape index (κ2) is 8.87. The molecule has 30 heavy (non-hydrogen) atoms. The number of fused-ring (bicyclic) bond motifs is 1. The van der Waals surface area contributed by atoms with Crippen molar-refractivity contribution in [3.05, 3.63) is 101 Å². The van der Waals surface area contributed by atoms with E-state index in [9.17, 15) is 4.79 Å². The number of rotatable bonds is 6. The van der Waals surface area contributed by atoms with Gasteiger partial charge in [0.05, 0.1) is 20.1 Å². The number of hydrogen-bond donors (Lipinski definition) is 1. The summed E-state index contributed by atoms with van der Waals surface area (Å²) >= 11 is 0. The van der Waals surface area contributed by atoms with Crippen molar-refractivity contribution in [3.8, 4) is 11.5 Å². The molecule has 4 rings (SSSR count). The quantitative estimate of drug-likeness (QED) is 0.616. The molecule has 0 saturated heterocycles. The summed E-state index contributed by atoms with van der Waals surface area (Å²) in [6.07, 6.45) is 2.59. The smallest absolute Gasteiger partial charge is 0.169 e. The fourth-order valence-electron chi connectivity index (χ4n) is 3.97. The fraction of sp³-hybridized carbons (Fsp3) is 0.192. The standard InChI is InChI=1S/C26H25NO3/c1-29-24-15-20-13-14-27-22(21(20)16-25(24)30-2)17-23(28)26(18-9-5-3-6-10-18)19-11-7-4-8-12-19/h3-12,15-17,26-27H,13-14H2,1-2H3. The van der Waals surface area contributed by atoms with Crippen molar-refractivity contribution in [2.24, 2.45) is 0 Å². The van der Waals surface area contributed by atoms with Gasteiger partial charge in [-0.05, 0) is 35.2 Å². The van der Waals surface area contributed by atoms with Crippen molar-refractivity contribution in [1.82, 2.24) is 5.32 Å². The first kappa shape index (κ1) is 19.8. The van der Waals surface area contributed by atoms with Crippen LogP contribution in [0.1, 0.15) is 28.2 Å². The van der Waals surface area contributed by atoms with Gasteiger partial charge in [0.1, 0.15) is 0 Å². The molecule has 0 bridgehead atoms. The number of benzene rings is 3. The molecule has 1 aliphatic heterocycles. The van der Waals surface area contributed by atoms with Crippen molar-refractivity contribution in [2.45, 2.75) is 12.3 Å². The van der Waals surface area contributed by atoms with E-state index in [-0.39, 0.29) is 11.7 Å². The minimum Gasteiger partial charge on any atom is -0.493 e. The molecule has 0 fully saturated rings. The molecule has 1 aliphatic rings. The molecule has 4 heteroatoms. The third-order valence-electron chi connectivity index (χ3n) is 5.45. The molecule has 3 aromatic rings. The number of ketones is 1. The van der Waals surface area contributed by atoms with E-state index in [2.05, 4.69) is 5.32 Å². The molecule has 0 atom stereocenters. The molecular weight excluding hydrogens is 374 g/mol. The van der Waals surface area contributed by atoms with Crippen LogP contribution in [0, 0.1) is 0 Å². The Morgan fingerprint density at radius 2 is 1.47 bits per heavy atom. The zero-order chi connectivity index (χ0) is 20.9. The molecule has 0 aliphatic carbocycles. The Bertz CT molecular complexity index is 1020. The number of nitrogens with one attached hydrogen (secondary N) is 1. The highest BCUT2D eigenvalue weighted by molar-refractivity contribution is 6.03. The van der Waals surface area contributed by atoms with Crippen LogP contribution in [0.4, 0.5) is 0 Å². The van der Waals surface area contributed by atoms with Gasteiger partial charge in [0.15, 0.2) is 17.3 Å². The molecule has 4 nitrogen and oxygen atoms in total. The van der Waals surface area contributed by atoms with E-state index < -0.39 is 0 Å². The van der Waals surface area contributed by atoms with Crippen LogP contribution < -0.4 is 14.8 Å². The van der Waals surface area contributed by atoms with Crippen LogP contribution in [0.15, 0.2) is 78.9 Å². The molecule has 152 valence electrons. The highest BCUT2D eigenvalue weighted by atomic mass is 16.5. The lowest BCUT2D eigenvalue weighted by Crippen LogP contribution is -2.24. The number of hydrogen-bond acceptors (Lipinski definition) is 4. The van der Waals surface area contributed by atoms with Gasteiger partial charge in [-0.25, -0.2) is 0 Å². The van der Waals surface area contributed by atoms with Gasteiger partial charge < -0.3 is 14.8 Å². The minimum atomic E-state index is -0.354. The minimum absolute atomic E-state index is 0.0394. The van der Waals surface area contributed by atoms with Gasteiger partial charge in [-0.1, -0.05) is 60.7 Å². The summed E-state index contributed by atoms with van der Waals surface area (Å²) in [6, 6.07) is 23.8. The van der Waals surface area contributed by atoms with Crippen LogP contribution in [0.5, 0.6) is 11.5 Å². The predicted octanol–water partition coefficient (Wildman–Crippen LogP) is 4.59. The monoisotopic (exact) mass is 399 g/mol. The zero-order valence-corrected chi connectivity index (χ0v) is 17.2. The number of methoxy groups -OCH3 is 2. The van der Waals surface area contributed by atoms with Gasteiger partial charge in [-0.3, -0.25) is 4.79 Å². The van der Waals surface area contributed by atoms with E-state index in [0.717, 1.165) is 40.9 Å². The number of carbonyl (C=O) groups excluding carboxylic acids is 1. The van der Waals surface area contributed by atoms with Crippen LogP contribution in [0.3, 0.4) is 0 Å². The normalized spacial score (nSPS) is 14.2. The van der Waals surface area contributed by atoms with E-state index in [1.54, 1.807) is 20.3 Å². The van der Waals surface area contributed by atoms with Gasteiger partial charge in [-0.15, -0.1) is 0 Å². The third-order valence-corrected chi connectivity index (χ3v) is 5.45. The Hall–Kier alpha value is -3.53. The SMILES string of the molecule is COc1cc2c(cc1OC)C(=CC(=O)C(c1ccccc1)c1ccccc1)NCC2. The molecule has 0 amide bonds. The maximum absolute atomic E-state index is 13.5. The summed E-state index contributed by atoms with van der Waals surface area (Å²) in [7, 11) is 3.26. The molecule has 0 radical (unpaired) electrons. The van der Waals surface area contributed by atoms with Crippen LogP contribution in [-0.2, 0) is 11.2 Å². The lowest BCUT2D eigenvalue weighted by Gasteiger charge is -2.24. The Morgan fingerprint density at radius 1 is 0.900 bits per heavy atom. The second-order valence-electron chi connectivity index (χ2n) is 7.26. The second-order valence-corrected chi connectivity index (χ2v) is 7.26. The van der Waals surface area contributed by atoms with Crippen molar-refractivity contribution in [1.29, 1.82) is 0 Å².